The van der Waals surface area contributed by atoms with Crippen LogP contribution in [0.2, 0.25) is 0 Å². The third-order valence-corrected chi connectivity index (χ3v) is 3.83. The molecule has 0 aliphatic heterocycles. The van der Waals surface area contributed by atoms with E-state index in [0.717, 1.165) is 25.7 Å². The fraction of sp³-hybridized carbons (Fsp3) is 0.833. The number of alkyl carbamates (subject to hydrolysis) is 2. The monoisotopic (exact) mass is 388 g/mol. The van der Waals surface area contributed by atoms with Crippen molar-refractivity contribution in [2.45, 2.75) is 72.8 Å². The van der Waals surface area contributed by atoms with Gasteiger partial charge in [-0.3, -0.25) is 4.79 Å². The predicted molar refractivity (Wildman–Crippen MR) is 103 cm³/mol. The van der Waals surface area contributed by atoms with E-state index in [4.69, 9.17) is 9.47 Å². The summed E-state index contributed by atoms with van der Waals surface area (Å²) in [5.41, 5.74) is 0. The molecular weight excluding hydrogens is 352 g/mol. The zero-order valence-electron chi connectivity index (χ0n) is 17.3. The summed E-state index contributed by atoms with van der Waals surface area (Å²) in [6.07, 6.45) is 1.34. The lowest BCUT2D eigenvalue weighted by Crippen LogP contribution is -2.49. The number of rotatable bonds is 13. The molecular formula is C18H36N4O5. The van der Waals surface area contributed by atoms with Crippen LogP contribution in [-0.4, -0.2) is 61.6 Å². The first-order valence-corrected chi connectivity index (χ1v) is 9.70. The minimum absolute atomic E-state index is 0.160. The number of hydrogen-bond donors (Lipinski definition) is 3. The molecule has 0 rings (SSSR count). The highest BCUT2D eigenvalue weighted by Gasteiger charge is 2.25. The molecule has 0 bridgehead atoms. The molecule has 0 aromatic heterocycles. The maximum atomic E-state index is 11.9. The summed E-state index contributed by atoms with van der Waals surface area (Å²) in [5, 5.41) is 8.04. The molecule has 27 heavy (non-hydrogen) atoms. The Morgan fingerprint density at radius 3 is 1.63 bits per heavy atom. The first-order chi connectivity index (χ1) is 12.8. The molecule has 0 aliphatic carbocycles. The summed E-state index contributed by atoms with van der Waals surface area (Å²) in [6, 6.07) is 0. The van der Waals surface area contributed by atoms with Crippen LogP contribution in [0.15, 0.2) is 0 Å². The number of amides is 3. The van der Waals surface area contributed by atoms with E-state index in [9.17, 15) is 14.4 Å². The van der Waals surface area contributed by atoms with Gasteiger partial charge in [0.05, 0.1) is 0 Å². The Bertz CT molecular complexity index is 417. The maximum absolute atomic E-state index is 11.9. The van der Waals surface area contributed by atoms with E-state index in [1.807, 2.05) is 13.8 Å². The minimum atomic E-state index is -0.640. The summed E-state index contributed by atoms with van der Waals surface area (Å²) >= 11 is 0. The van der Waals surface area contributed by atoms with Crippen LogP contribution in [0, 0.1) is 0 Å². The Morgan fingerprint density at radius 2 is 1.26 bits per heavy atom. The van der Waals surface area contributed by atoms with Gasteiger partial charge in [-0.05, 0) is 26.7 Å². The third kappa shape index (κ3) is 12.9. The van der Waals surface area contributed by atoms with Gasteiger partial charge in [-0.2, -0.15) is 0 Å². The van der Waals surface area contributed by atoms with Crippen LogP contribution in [0.5, 0.6) is 0 Å². The van der Waals surface area contributed by atoms with Gasteiger partial charge in [0, 0.05) is 33.1 Å². The first-order valence-electron chi connectivity index (χ1n) is 9.70. The summed E-state index contributed by atoms with van der Waals surface area (Å²) in [4.78, 5) is 36.6. The van der Waals surface area contributed by atoms with Gasteiger partial charge in [0.1, 0.15) is 0 Å². The quantitative estimate of drug-likeness (QED) is 0.330. The van der Waals surface area contributed by atoms with Crippen molar-refractivity contribution in [3.05, 3.63) is 0 Å². The van der Waals surface area contributed by atoms with Crippen LogP contribution in [-0.2, 0) is 14.3 Å². The van der Waals surface area contributed by atoms with Crippen molar-refractivity contribution in [3.63, 3.8) is 0 Å². The zero-order valence-corrected chi connectivity index (χ0v) is 17.3. The average molecular weight is 389 g/mol. The van der Waals surface area contributed by atoms with Crippen molar-refractivity contribution < 1.29 is 23.9 Å². The highest BCUT2D eigenvalue weighted by atomic mass is 16.6. The second-order valence-electron chi connectivity index (χ2n) is 6.29. The van der Waals surface area contributed by atoms with Gasteiger partial charge < -0.3 is 25.4 Å². The van der Waals surface area contributed by atoms with Crippen molar-refractivity contribution in [1.82, 2.24) is 20.9 Å². The molecule has 0 spiro atoms. The summed E-state index contributed by atoms with van der Waals surface area (Å²) in [6.45, 7) is 10.7. The summed E-state index contributed by atoms with van der Waals surface area (Å²) < 4.78 is 10.7. The Morgan fingerprint density at radius 1 is 0.815 bits per heavy atom. The van der Waals surface area contributed by atoms with Gasteiger partial charge in [0.15, 0.2) is 12.5 Å². The number of ether oxygens (including phenoxy) is 2. The van der Waals surface area contributed by atoms with E-state index in [1.54, 1.807) is 18.7 Å². The largest absolute Gasteiger partial charge is 0.430 e. The highest BCUT2D eigenvalue weighted by molar-refractivity contribution is 5.72. The second-order valence-corrected chi connectivity index (χ2v) is 6.29. The van der Waals surface area contributed by atoms with Crippen LogP contribution in [0.3, 0.4) is 0 Å². The Hall–Kier alpha value is -2.03. The maximum Gasteiger partial charge on any atom is 0.408 e. The lowest BCUT2D eigenvalue weighted by atomic mass is 10.3. The fourth-order valence-corrected chi connectivity index (χ4v) is 2.28. The number of unbranched alkanes of at least 4 members (excludes halogenated alkanes) is 2. The van der Waals surface area contributed by atoms with Crippen molar-refractivity contribution in [2.75, 3.05) is 26.2 Å². The molecule has 0 aromatic carbocycles. The lowest BCUT2D eigenvalue weighted by Gasteiger charge is -2.33. The van der Waals surface area contributed by atoms with E-state index < -0.39 is 24.6 Å². The van der Waals surface area contributed by atoms with Gasteiger partial charge in [-0.25, -0.2) is 14.5 Å². The minimum Gasteiger partial charge on any atom is -0.430 e. The number of hydrogen-bond acceptors (Lipinski definition) is 6. The average Bonchev–Trinajstić information content (AvgIpc) is 2.58. The standard InChI is InChI=1S/C18H36N4O5/c1-6-8-10-20-17(24)26-15(4)22(13-12-19-14(3)23)16(5)27-18(25)21-11-9-7-2/h15-16H,6-13H2,1-5H3,(H,19,23)(H,20,24)(H,21,25). The molecule has 0 aliphatic rings. The smallest absolute Gasteiger partial charge is 0.408 e. The van der Waals surface area contributed by atoms with Crippen molar-refractivity contribution in [2.24, 2.45) is 0 Å². The first kappa shape index (κ1) is 25.0. The molecule has 9 heteroatoms. The molecule has 0 heterocycles. The van der Waals surface area contributed by atoms with Gasteiger partial charge in [0.25, 0.3) is 0 Å². The Labute approximate surface area is 162 Å². The molecule has 9 nitrogen and oxygen atoms in total. The number of nitrogens with zero attached hydrogens (tertiary/aromatic N) is 1. The van der Waals surface area contributed by atoms with Crippen molar-refractivity contribution >= 4 is 18.1 Å². The van der Waals surface area contributed by atoms with E-state index in [2.05, 4.69) is 16.0 Å². The molecule has 158 valence electrons. The van der Waals surface area contributed by atoms with Gasteiger partial charge in [-0.1, -0.05) is 26.7 Å². The highest BCUT2D eigenvalue weighted by Crippen LogP contribution is 2.09. The Balaban J connectivity index is 4.69. The molecule has 0 aromatic rings. The van der Waals surface area contributed by atoms with Crippen LogP contribution in [0.25, 0.3) is 0 Å². The van der Waals surface area contributed by atoms with Crippen LogP contribution in [0.4, 0.5) is 9.59 Å². The number of nitrogens with one attached hydrogen (secondary N) is 3. The molecule has 2 unspecified atom stereocenters. The van der Waals surface area contributed by atoms with E-state index in [-0.39, 0.29) is 5.91 Å². The molecule has 0 saturated heterocycles. The zero-order chi connectivity index (χ0) is 20.7. The van der Waals surface area contributed by atoms with Crippen molar-refractivity contribution in [1.29, 1.82) is 0 Å². The molecule has 0 radical (unpaired) electrons. The lowest BCUT2D eigenvalue weighted by molar-refractivity contribution is -0.120. The van der Waals surface area contributed by atoms with Gasteiger partial charge >= 0.3 is 12.2 Å². The summed E-state index contributed by atoms with van der Waals surface area (Å²) in [5.74, 6) is -0.160. The molecule has 0 saturated carbocycles. The molecule has 2 atom stereocenters. The van der Waals surface area contributed by atoms with Gasteiger partial charge in [-0.15, -0.1) is 0 Å². The predicted octanol–water partition coefficient (Wildman–Crippen LogP) is 2.17. The number of carbonyl (C=O) groups excluding carboxylic acids is 3. The van der Waals surface area contributed by atoms with Crippen LogP contribution >= 0.6 is 0 Å². The second kappa shape index (κ2) is 15.1. The fourth-order valence-electron chi connectivity index (χ4n) is 2.28. The van der Waals surface area contributed by atoms with Crippen molar-refractivity contribution in [3.8, 4) is 0 Å². The molecule has 3 amide bonds. The molecule has 3 N–H and O–H groups in total. The topological polar surface area (TPSA) is 109 Å². The summed E-state index contributed by atoms with van der Waals surface area (Å²) in [7, 11) is 0. The van der Waals surface area contributed by atoms with E-state index in [1.165, 1.54) is 6.92 Å². The number of carbonyl (C=O) groups is 3. The van der Waals surface area contributed by atoms with Gasteiger partial charge in [0.2, 0.25) is 5.91 Å². The van der Waals surface area contributed by atoms with E-state index in [0.29, 0.717) is 26.2 Å². The third-order valence-electron chi connectivity index (χ3n) is 3.83. The van der Waals surface area contributed by atoms with Crippen LogP contribution < -0.4 is 16.0 Å². The van der Waals surface area contributed by atoms with Crippen LogP contribution in [0.1, 0.15) is 60.3 Å². The Kier molecular flexibility index (Phi) is 13.9. The van der Waals surface area contributed by atoms with E-state index >= 15 is 0 Å². The normalized spacial score (nSPS) is 12.8. The molecule has 0 fully saturated rings. The SMILES string of the molecule is CCCCNC(=O)OC(C)N(CCNC(C)=O)C(C)OC(=O)NCCCC.